The zero-order valence-corrected chi connectivity index (χ0v) is 16.1. The molecular formula is C17H18N2O6S2. The van der Waals surface area contributed by atoms with Crippen LogP contribution in [0.3, 0.4) is 0 Å². The lowest BCUT2D eigenvalue weighted by molar-refractivity contribution is 0.174. The van der Waals surface area contributed by atoms with Crippen molar-refractivity contribution in [3.63, 3.8) is 0 Å². The largest absolute Gasteiger partial charge is 0.454 e. The molecular weight excluding hydrogens is 392 g/mol. The molecule has 0 fully saturated rings. The van der Waals surface area contributed by atoms with Gasteiger partial charge in [0, 0.05) is 12.6 Å². The second-order valence-electron chi connectivity index (χ2n) is 6.40. The maximum absolute atomic E-state index is 12.7. The van der Waals surface area contributed by atoms with Crippen molar-refractivity contribution in [3.05, 3.63) is 42.0 Å². The third-order valence-corrected chi connectivity index (χ3v) is 7.03. The van der Waals surface area contributed by atoms with Gasteiger partial charge in [0.25, 0.3) is 10.0 Å². The number of hydrogen-bond donors (Lipinski definition) is 1. The van der Waals surface area contributed by atoms with Gasteiger partial charge >= 0.3 is 0 Å². The minimum atomic E-state index is -3.87. The summed E-state index contributed by atoms with van der Waals surface area (Å²) in [5, 5.41) is 0. The number of aryl methyl sites for hydroxylation is 1. The number of fused-ring (bicyclic) bond motifs is 2. The fraction of sp³-hybridized carbons (Fsp3) is 0.294. The maximum atomic E-state index is 12.7. The molecule has 2 heterocycles. The first-order chi connectivity index (χ1) is 12.7. The van der Waals surface area contributed by atoms with Crippen LogP contribution in [0.2, 0.25) is 0 Å². The van der Waals surface area contributed by atoms with Gasteiger partial charge in [-0.05, 0) is 42.7 Å². The van der Waals surface area contributed by atoms with E-state index < -0.39 is 20.0 Å². The maximum Gasteiger partial charge on any atom is 0.262 e. The van der Waals surface area contributed by atoms with Crippen molar-refractivity contribution in [3.8, 4) is 11.5 Å². The lowest BCUT2D eigenvalue weighted by Gasteiger charge is -2.29. The fourth-order valence-corrected chi connectivity index (χ4v) is 5.26. The average Bonchev–Trinajstić information content (AvgIpc) is 3.07. The van der Waals surface area contributed by atoms with Crippen LogP contribution in [0.25, 0.3) is 0 Å². The van der Waals surface area contributed by atoms with Crippen molar-refractivity contribution in [1.29, 1.82) is 0 Å². The monoisotopic (exact) mass is 410 g/mol. The Hall–Kier alpha value is -2.46. The third-order valence-electron chi connectivity index (χ3n) is 4.47. The summed E-state index contributed by atoms with van der Waals surface area (Å²) in [5.41, 5.74) is 1.68. The summed E-state index contributed by atoms with van der Waals surface area (Å²) in [7, 11) is -7.30. The predicted molar refractivity (Wildman–Crippen MR) is 100 cm³/mol. The first-order valence-corrected chi connectivity index (χ1v) is 11.6. The van der Waals surface area contributed by atoms with E-state index in [9.17, 15) is 16.8 Å². The number of nitrogens with zero attached hydrogens (tertiary/aromatic N) is 1. The highest BCUT2D eigenvalue weighted by atomic mass is 32.2. The van der Waals surface area contributed by atoms with E-state index in [1.165, 1.54) is 22.5 Å². The van der Waals surface area contributed by atoms with E-state index in [1.807, 2.05) is 0 Å². The SMILES string of the molecule is CS(=O)(=O)N1CCCc2ccc(NS(=O)(=O)c3ccc4c(c3)OCO4)cc21. The molecule has 0 saturated heterocycles. The highest BCUT2D eigenvalue weighted by molar-refractivity contribution is 7.92. The average molecular weight is 410 g/mol. The van der Waals surface area contributed by atoms with E-state index in [0.717, 1.165) is 24.7 Å². The Labute approximate surface area is 157 Å². The van der Waals surface area contributed by atoms with E-state index in [1.54, 1.807) is 18.2 Å². The number of rotatable bonds is 4. The number of nitrogens with one attached hydrogen (secondary N) is 1. The minimum Gasteiger partial charge on any atom is -0.454 e. The molecule has 10 heteroatoms. The fourth-order valence-electron chi connectivity index (χ4n) is 3.21. The van der Waals surface area contributed by atoms with Crippen molar-refractivity contribution in [2.24, 2.45) is 0 Å². The van der Waals surface area contributed by atoms with Crippen molar-refractivity contribution < 1.29 is 26.3 Å². The Morgan fingerprint density at radius 3 is 2.56 bits per heavy atom. The van der Waals surface area contributed by atoms with Gasteiger partial charge in [0.1, 0.15) is 0 Å². The molecule has 2 aromatic rings. The van der Waals surface area contributed by atoms with Crippen molar-refractivity contribution in [1.82, 2.24) is 0 Å². The molecule has 2 aliphatic heterocycles. The van der Waals surface area contributed by atoms with Crippen molar-refractivity contribution >= 4 is 31.4 Å². The predicted octanol–water partition coefficient (Wildman–Crippen LogP) is 1.93. The molecule has 0 radical (unpaired) electrons. The summed E-state index contributed by atoms with van der Waals surface area (Å²) >= 11 is 0. The molecule has 1 N–H and O–H groups in total. The second kappa shape index (κ2) is 6.31. The van der Waals surface area contributed by atoms with Gasteiger partial charge in [0.2, 0.25) is 16.8 Å². The molecule has 0 bridgehead atoms. The van der Waals surface area contributed by atoms with Crippen molar-refractivity contribution in [2.75, 3.05) is 28.6 Å². The molecule has 0 unspecified atom stereocenters. The molecule has 0 amide bonds. The summed E-state index contributed by atoms with van der Waals surface area (Å²) in [6.45, 7) is 0.433. The first kappa shape index (κ1) is 17.9. The third kappa shape index (κ3) is 3.42. The highest BCUT2D eigenvalue weighted by Gasteiger charge is 2.25. The smallest absolute Gasteiger partial charge is 0.262 e. The van der Waals surface area contributed by atoms with E-state index in [-0.39, 0.29) is 11.7 Å². The summed E-state index contributed by atoms with van der Waals surface area (Å²) in [6, 6.07) is 9.30. The molecule has 27 heavy (non-hydrogen) atoms. The first-order valence-electron chi connectivity index (χ1n) is 8.27. The molecule has 0 aliphatic carbocycles. The van der Waals surface area contributed by atoms with E-state index in [2.05, 4.69) is 4.72 Å². The number of anilines is 2. The van der Waals surface area contributed by atoms with Crippen LogP contribution in [0.15, 0.2) is 41.3 Å². The lowest BCUT2D eigenvalue weighted by Crippen LogP contribution is -2.34. The number of ether oxygens (including phenoxy) is 2. The second-order valence-corrected chi connectivity index (χ2v) is 9.99. The summed E-state index contributed by atoms with van der Waals surface area (Å²) in [4.78, 5) is 0.0319. The van der Waals surface area contributed by atoms with Crippen LogP contribution in [0.5, 0.6) is 11.5 Å². The van der Waals surface area contributed by atoms with Crippen LogP contribution in [0.1, 0.15) is 12.0 Å². The van der Waals surface area contributed by atoms with Gasteiger partial charge < -0.3 is 9.47 Å². The Bertz CT molecular complexity index is 1110. The zero-order valence-electron chi connectivity index (χ0n) is 14.5. The number of hydrogen-bond acceptors (Lipinski definition) is 6. The number of benzene rings is 2. The zero-order chi connectivity index (χ0) is 19.2. The summed E-state index contributed by atoms with van der Waals surface area (Å²) in [6.07, 6.45) is 2.62. The molecule has 0 atom stereocenters. The van der Waals surface area contributed by atoms with Gasteiger partial charge in [-0.3, -0.25) is 9.03 Å². The molecule has 8 nitrogen and oxygen atoms in total. The van der Waals surface area contributed by atoms with Crippen LogP contribution in [-0.2, 0) is 26.5 Å². The quantitative estimate of drug-likeness (QED) is 0.826. The Balaban J connectivity index is 1.67. The van der Waals surface area contributed by atoms with Crippen LogP contribution < -0.4 is 18.5 Å². The van der Waals surface area contributed by atoms with Crippen LogP contribution in [0, 0.1) is 0 Å². The number of sulfonamides is 2. The Kier molecular flexibility index (Phi) is 4.19. The molecule has 2 aromatic carbocycles. The Morgan fingerprint density at radius 1 is 1.00 bits per heavy atom. The van der Waals surface area contributed by atoms with E-state index in [4.69, 9.17) is 9.47 Å². The lowest BCUT2D eigenvalue weighted by atomic mass is 10.0. The summed E-state index contributed by atoms with van der Waals surface area (Å²) in [5.74, 6) is 0.859. The molecule has 144 valence electrons. The van der Waals surface area contributed by atoms with E-state index in [0.29, 0.717) is 29.4 Å². The minimum absolute atomic E-state index is 0.0319. The topological polar surface area (TPSA) is 102 Å². The molecule has 0 aromatic heterocycles. The van der Waals surface area contributed by atoms with Gasteiger partial charge in [-0.15, -0.1) is 0 Å². The molecule has 0 spiro atoms. The molecule has 2 aliphatic rings. The van der Waals surface area contributed by atoms with Crippen LogP contribution in [0.4, 0.5) is 11.4 Å². The van der Waals surface area contributed by atoms with E-state index >= 15 is 0 Å². The Morgan fingerprint density at radius 2 is 1.78 bits per heavy atom. The molecule has 4 rings (SSSR count). The van der Waals surface area contributed by atoms with Gasteiger partial charge in [-0.1, -0.05) is 6.07 Å². The molecule has 0 saturated carbocycles. The van der Waals surface area contributed by atoms with Crippen LogP contribution >= 0.6 is 0 Å². The summed E-state index contributed by atoms with van der Waals surface area (Å²) < 4.78 is 63.7. The van der Waals surface area contributed by atoms with Gasteiger partial charge in [0.05, 0.1) is 22.5 Å². The normalized spacial score (nSPS) is 16.1. The standard InChI is InChI=1S/C17H18N2O6S2/c1-26(20,21)19-8-2-3-12-4-5-13(9-15(12)19)18-27(22,23)14-6-7-16-17(10-14)25-11-24-16/h4-7,9-10,18H,2-3,8,11H2,1H3. The van der Waals surface area contributed by atoms with Gasteiger partial charge in [-0.25, -0.2) is 16.8 Å². The van der Waals surface area contributed by atoms with Gasteiger partial charge in [-0.2, -0.15) is 0 Å². The van der Waals surface area contributed by atoms with Crippen LogP contribution in [-0.4, -0.2) is 36.4 Å². The van der Waals surface area contributed by atoms with Gasteiger partial charge in [0.15, 0.2) is 11.5 Å². The van der Waals surface area contributed by atoms with Crippen molar-refractivity contribution in [2.45, 2.75) is 17.7 Å². The highest BCUT2D eigenvalue weighted by Crippen LogP contribution is 2.35.